The van der Waals surface area contributed by atoms with E-state index in [1.165, 1.54) is 65.4 Å². The molecule has 0 amide bonds. The predicted octanol–water partition coefficient (Wildman–Crippen LogP) is 10.7. The highest BCUT2D eigenvalue weighted by Crippen LogP contribution is 2.37. The second-order valence-electron chi connectivity index (χ2n) is 11.7. The lowest BCUT2D eigenvalue weighted by Crippen LogP contribution is -1.94. The molecule has 0 atom stereocenters. The highest BCUT2D eigenvalue weighted by Gasteiger charge is 2.16. The van der Waals surface area contributed by atoms with Crippen molar-refractivity contribution in [1.29, 1.82) is 0 Å². The van der Waals surface area contributed by atoms with Gasteiger partial charge in [-0.2, -0.15) is 0 Å². The van der Waals surface area contributed by atoms with E-state index < -0.39 is 0 Å². The minimum absolute atomic E-state index is 0.998. The maximum absolute atomic E-state index is 5.15. The molecule has 0 bridgehead atoms. The summed E-state index contributed by atoms with van der Waals surface area (Å²) >= 11 is 0. The minimum atomic E-state index is 0.998. The zero-order valence-corrected chi connectivity index (χ0v) is 23.8. The first-order chi connectivity index (χ1) is 21.8. The van der Waals surface area contributed by atoms with Crippen LogP contribution in [0.25, 0.3) is 87.7 Å². The molecule has 0 aliphatic rings. The first kappa shape index (κ1) is 23.6. The Morgan fingerprint density at radius 3 is 1.68 bits per heavy atom. The summed E-state index contributed by atoms with van der Waals surface area (Å²) in [5, 5.41) is 8.66. The van der Waals surface area contributed by atoms with Crippen LogP contribution in [0.1, 0.15) is 0 Å². The van der Waals surface area contributed by atoms with Gasteiger partial charge in [-0.15, -0.1) is 0 Å². The van der Waals surface area contributed by atoms with Gasteiger partial charge in [-0.05, 0) is 81.9 Å². The number of hydrogen-bond acceptors (Lipinski definition) is 1. The molecule has 10 aromatic rings. The number of benzene rings is 7. The van der Waals surface area contributed by atoms with E-state index in [4.69, 9.17) is 4.98 Å². The van der Waals surface area contributed by atoms with Crippen LogP contribution in [0.4, 0.5) is 0 Å². The van der Waals surface area contributed by atoms with Crippen molar-refractivity contribution in [3.8, 4) is 16.8 Å². The molecule has 3 nitrogen and oxygen atoms in total. The van der Waals surface area contributed by atoms with Crippen LogP contribution in [0.5, 0.6) is 0 Å². The molecule has 0 fully saturated rings. The number of pyridine rings is 1. The van der Waals surface area contributed by atoms with E-state index in [9.17, 15) is 0 Å². The molecule has 0 radical (unpaired) electrons. The zero-order valence-electron chi connectivity index (χ0n) is 23.8. The topological polar surface area (TPSA) is 22.2 Å². The van der Waals surface area contributed by atoms with Gasteiger partial charge >= 0.3 is 0 Å². The molecular formula is C41H25N3. The molecule has 0 aliphatic carbocycles. The highest BCUT2D eigenvalue weighted by molar-refractivity contribution is 6.18. The number of hydrogen-bond donors (Lipinski definition) is 0. The molecule has 0 saturated heterocycles. The van der Waals surface area contributed by atoms with Crippen molar-refractivity contribution >= 4 is 70.9 Å². The molecule has 0 unspecified atom stereocenters. The van der Waals surface area contributed by atoms with E-state index in [-0.39, 0.29) is 0 Å². The largest absolute Gasteiger partial charge is 0.309 e. The first-order valence-corrected chi connectivity index (χ1v) is 15.1. The number of imidazole rings is 1. The van der Waals surface area contributed by atoms with Crippen molar-refractivity contribution in [3.63, 3.8) is 0 Å². The molecule has 10 rings (SSSR count). The van der Waals surface area contributed by atoms with E-state index in [0.717, 1.165) is 22.4 Å². The Morgan fingerprint density at radius 2 is 0.955 bits per heavy atom. The average molecular weight is 560 g/mol. The normalized spacial score (nSPS) is 12.1. The van der Waals surface area contributed by atoms with Crippen molar-refractivity contribution in [3.05, 3.63) is 152 Å². The summed E-state index contributed by atoms with van der Waals surface area (Å²) in [6.45, 7) is 0. The third-order valence-corrected chi connectivity index (χ3v) is 9.26. The standard InChI is InChI=1S/C41H25N3/c1-2-10-28-24-35-34(23-27(28)9-1)33-22-19-29(25-40(33)44-39-16-8-5-13-36(39)42-41(35)44)26-17-20-30(21-18-26)43-37-14-6-3-11-31(37)32-12-4-7-15-38(32)43/h1-25H. The van der Waals surface area contributed by atoms with Crippen LogP contribution >= 0.6 is 0 Å². The fraction of sp³-hybridized carbons (Fsp3) is 0. The maximum atomic E-state index is 5.15. The Balaban J connectivity index is 1.20. The average Bonchev–Trinajstić information content (AvgIpc) is 3.64. The Hall–Kier alpha value is -5.93. The fourth-order valence-corrected chi connectivity index (χ4v) is 7.23. The number of aromatic nitrogens is 3. The number of fused-ring (bicyclic) bond motifs is 12. The SMILES string of the molecule is c1ccc2cc3c(cc2c1)c1ccc(-c2ccc(-n4c5ccccc5c5ccccc54)cc2)cc1n1c2ccccc2nc31. The smallest absolute Gasteiger partial charge is 0.146 e. The van der Waals surface area contributed by atoms with Crippen molar-refractivity contribution in [2.24, 2.45) is 0 Å². The summed E-state index contributed by atoms with van der Waals surface area (Å²) < 4.78 is 4.71. The molecule has 3 heteroatoms. The first-order valence-electron chi connectivity index (χ1n) is 15.1. The van der Waals surface area contributed by atoms with Gasteiger partial charge in [0.25, 0.3) is 0 Å². The maximum Gasteiger partial charge on any atom is 0.146 e. The highest BCUT2D eigenvalue weighted by atomic mass is 15.0. The third-order valence-electron chi connectivity index (χ3n) is 9.26. The predicted molar refractivity (Wildman–Crippen MR) is 185 cm³/mol. The Kier molecular flexibility index (Phi) is 4.72. The lowest BCUT2D eigenvalue weighted by Gasteiger charge is -2.13. The van der Waals surface area contributed by atoms with E-state index in [2.05, 4.69) is 161 Å². The molecule has 3 aromatic heterocycles. The molecule has 0 N–H and O–H groups in total. The van der Waals surface area contributed by atoms with E-state index in [0.29, 0.717) is 0 Å². The van der Waals surface area contributed by atoms with Gasteiger partial charge in [0.2, 0.25) is 0 Å². The van der Waals surface area contributed by atoms with Gasteiger partial charge in [0, 0.05) is 27.2 Å². The summed E-state index contributed by atoms with van der Waals surface area (Å²) in [7, 11) is 0. The fourth-order valence-electron chi connectivity index (χ4n) is 7.23. The Morgan fingerprint density at radius 1 is 0.386 bits per heavy atom. The molecule has 0 spiro atoms. The van der Waals surface area contributed by atoms with E-state index >= 15 is 0 Å². The molecule has 0 aliphatic heterocycles. The van der Waals surface area contributed by atoms with Crippen LogP contribution in [0.15, 0.2) is 152 Å². The number of para-hydroxylation sites is 4. The lowest BCUT2D eigenvalue weighted by molar-refractivity contribution is 1.18. The molecule has 3 heterocycles. The van der Waals surface area contributed by atoms with Crippen molar-refractivity contribution in [1.82, 2.24) is 14.0 Å². The Labute approximate surface area is 252 Å². The quantitative estimate of drug-likeness (QED) is 0.153. The van der Waals surface area contributed by atoms with Gasteiger partial charge in [-0.3, -0.25) is 4.40 Å². The zero-order chi connectivity index (χ0) is 28.8. The van der Waals surface area contributed by atoms with Crippen LogP contribution in [0, 0.1) is 0 Å². The molecular weight excluding hydrogens is 534 g/mol. The van der Waals surface area contributed by atoms with Crippen molar-refractivity contribution < 1.29 is 0 Å². The summed E-state index contributed by atoms with van der Waals surface area (Å²) in [4.78, 5) is 5.15. The van der Waals surface area contributed by atoms with Gasteiger partial charge in [0.05, 0.1) is 27.6 Å². The van der Waals surface area contributed by atoms with Crippen molar-refractivity contribution in [2.45, 2.75) is 0 Å². The van der Waals surface area contributed by atoms with Gasteiger partial charge in [-0.25, -0.2) is 4.98 Å². The number of nitrogens with zero attached hydrogens (tertiary/aromatic N) is 3. The second-order valence-corrected chi connectivity index (χ2v) is 11.7. The lowest BCUT2D eigenvalue weighted by atomic mass is 9.98. The Bertz CT molecular complexity index is 2710. The molecule has 0 saturated carbocycles. The van der Waals surface area contributed by atoms with Crippen LogP contribution in [-0.4, -0.2) is 14.0 Å². The van der Waals surface area contributed by atoms with E-state index in [1.807, 2.05) is 0 Å². The summed E-state index contributed by atoms with van der Waals surface area (Å²) in [5.74, 6) is 0. The molecule has 7 aromatic carbocycles. The van der Waals surface area contributed by atoms with Crippen molar-refractivity contribution in [2.75, 3.05) is 0 Å². The van der Waals surface area contributed by atoms with Gasteiger partial charge in [0.1, 0.15) is 5.65 Å². The van der Waals surface area contributed by atoms with Crippen LogP contribution in [0.2, 0.25) is 0 Å². The van der Waals surface area contributed by atoms with Gasteiger partial charge in [0.15, 0.2) is 0 Å². The summed E-state index contributed by atoms with van der Waals surface area (Å²) in [6.07, 6.45) is 0. The van der Waals surface area contributed by atoms with Crippen LogP contribution in [-0.2, 0) is 0 Å². The van der Waals surface area contributed by atoms with Gasteiger partial charge in [-0.1, -0.05) is 97.1 Å². The summed E-state index contributed by atoms with van der Waals surface area (Å²) in [6, 6.07) is 54.9. The van der Waals surface area contributed by atoms with E-state index in [1.54, 1.807) is 0 Å². The minimum Gasteiger partial charge on any atom is -0.309 e. The second kappa shape index (κ2) is 8.79. The van der Waals surface area contributed by atoms with Crippen LogP contribution in [0.3, 0.4) is 0 Å². The van der Waals surface area contributed by atoms with Gasteiger partial charge < -0.3 is 4.57 Å². The number of rotatable bonds is 2. The summed E-state index contributed by atoms with van der Waals surface area (Å²) in [5.41, 5.74) is 10.3. The third kappa shape index (κ3) is 3.24. The monoisotopic (exact) mass is 559 g/mol. The molecule has 204 valence electrons. The molecule has 44 heavy (non-hydrogen) atoms. The van der Waals surface area contributed by atoms with Crippen LogP contribution < -0.4 is 0 Å².